The van der Waals surface area contributed by atoms with Crippen LogP contribution in [0, 0.1) is 11.3 Å². The van der Waals surface area contributed by atoms with Gasteiger partial charge in [0.15, 0.2) is 0 Å². The summed E-state index contributed by atoms with van der Waals surface area (Å²) in [6.45, 7) is 0.238. The molecular weight excluding hydrogens is 236 g/mol. The Morgan fingerprint density at radius 2 is 2.05 bits per heavy atom. The molecule has 0 saturated heterocycles. The molecule has 1 aromatic rings. The SMILES string of the molecule is N#CCN(C(=O)C1Cc2ccccc21)C1CCCC1. The Labute approximate surface area is 113 Å². The molecule has 2 aliphatic rings. The molecule has 1 fully saturated rings. The van der Waals surface area contributed by atoms with Crippen molar-refractivity contribution >= 4 is 5.91 Å². The van der Waals surface area contributed by atoms with Crippen LogP contribution in [0.2, 0.25) is 0 Å². The lowest BCUT2D eigenvalue weighted by molar-refractivity contribution is -0.135. The van der Waals surface area contributed by atoms with Crippen LogP contribution in [0.3, 0.4) is 0 Å². The van der Waals surface area contributed by atoms with E-state index in [0.29, 0.717) is 6.04 Å². The van der Waals surface area contributed by atoms with Gasteiger partial charge >= 0.3 is 0 Å². The van der Waals surface area contributed by atoms with Crippen molar-refractivity contribution in [3.63, 3.8) is 0 Å². The summed E-state index contributed by atoms with van der Waals surface area (Å²) in [5.74, 6) is 0.150. The van der Waals surface area contributed by atoms with Crippen molar-refractivity contribution in [2.75, 3.05) is 6.54 Å². The number of nitriles is 1. The number of rotatable bonds is 3. The Morgan fingerprint density at radius 1 is 1.32 bits per heavy atom. The number of hydrogen-bond donors (Lipinski definition) is 0. The van der Waals surface area contributed by atoms with Gasteiger partial charge < -0.3 is 4.90 Å². The number of carbonyl (C=O) groups excluding carboxylic acids is 1. The largest absolute Gasteiger partial charge is 0.326 e. The number of hydrogen-bond acceptors (Lipinski definition) is 2. The van der Waals surface area contributed by atoms with E-state index in [1.54, 1.807) is 0 Å². The van der Waals surface area contributed by atoms with Crippen molar-refractivity contribution in [3.8, 4) is 6.07 Å². The second-order valence-corrected chi connectivity index (χ2v) is 5.52. The van der Waals surface area contributed by atoms with E-state index in [0.717, 1.165) is 24.8 Å². The number of fused-ring (bicyclic) bond motifs is 1. The third-order valence-electron chi connectivity index (χ3n) is 4.44. The van der Waals surface area contributed by atoms with Gasteiger partial charge in [0.1, 0.15) is 6.54 Å². The molecule has 1 amide bonds. The van der Waals surface area contributed by atoms with Gasteiger partial charge in [-0.15, -0.1) is 0 Å². The molecule has 0 heterocycles. The molecule has 0 aliphatic heterocycles. The summed E-state index contributed by atoms with van der Waals surface area (Å²) in [4.78, 5) is 14.5. The molecule has 3 nitrogen and oxygen atoms in total. The summed E-state index contributed by atoms with van der Waals surface area (Å²) in [5.41, 5.74) is 2.44. The molecule has 98 valence electrons. The predicted octanol–water partition coefficient (Wildman–Crippen LogP) is 2.62. The van der Waals surface area contributed by atoms with Crippen LogP contribution in [-0.2, 0) is 11.2 Å². The van der Waals surface area contributed by atoms with Crippen molar-refractivity contribution < 1.29 is 4.79 Å². The highest BCUT2D eigenvalue weighted by Crippen LogP contribution is 2.37. The fourth-order valence-electron chi connectivity index (χ4n) is 3.36. The molecule has 1 aromatic carbocycles. The van der Waals surface area contributed by atoms with Crippen molar-refractivity contribution in [3.05, 3.63) is 35.4 Å². The molecule has 1 saturated carbocycles. The maximum Gasteiger partial charge on any atom is 0.231 e. The summed E-state index contributed by atoms with van der Waals surface area (Å²) < 4.78 is 0. The Balaban J connectivity index is 1.77. The molecule has 19 heavy (non-hydrogen) atoms. The third kappa shape index (κ3) is 2.12. The molecule has 0 aromatic heterocycles. The van der Waals surface area contributed by atoms with E-state index in [4.69, 9.17) is 5.26 Å². The first-order valence-electron chi connectivity index (χ1n) is 7.06. The maximum absolute atomic E-state index is 12.6. The summed E-state index contributed by atoms with van der Waals surface area (Å²) in [7, 11) is 0. The third-order valence-corrected chi connectivity index (χ3v) is 4.44. The topological polar surface area (TPSA) is 44.1 Å². The highest BCUT2D eigenvalue weighted by atomic mass is 16.2. The van der Waals surface area contributed by atoms with Crippen molar-refractivity contribution in [2.45, 2.75) is 44.1 Å². The van der Waals surface area contributed by atoms with Crippen LogP contribution >= 0.6 is 0 Å². The first-order chi connectivity index (χ1) is 9.31. The highest BCUT2D eigenvalue weighted by Gasteiger charge is 2.37. The standard InChI is InChI=1S/C16H18N2O/c17-9-10-18(13-6-2-3-7-13)16(19)15-11-12-5-1-4-8-14(12)15/h1,4-5,8,13,15H,2-3,6-7,10-11H2. The van der Waals surface area contributed by atoms with Crippen molar-refractivity contribution in [2.24, 2.45) is 0 Å². The fourth-order valence-corrected chi connectivity index (χ4v) is 3.36. The van der Waals surface area contributed by atoms with Crippen LogP contribution < -0.4 is 0 Å². The van der Waals surface area contributed by atoms with Crippen LogP contribution in [0.15, 0.2) is 24.3 Å². The smallest absolute Gasteiger partial charge is 0.231 e. The molecular formula is C16H18N2O. The molecule has 1 atom stereocenters. The van der Waals surface area contributed by atoms with Gasteiger partial charge in [-0.1, -0.05) is 37.1 Å². The van der Waals surface area contributed by atoms with E-state index < -0.39 is 0 Å². The zero-order valence-corrected chi connectivity index (χ0v) is 11.0. The molecule has 3 rings (SSSR count). The number of benzene rings is 1. The van der Waals surface area contributed by atoms with Crippen molar-refractivity contribution in [1.82, 2.24) is 4.90 Å². The maximum atomic E-state index is 12.6. The van der Waals surface area contributed by atoms with Crippen LogP contribution in [0.5, 0.6) is 0 Å². The van der Waals surface area contributed by atoms with E-state index in [9.17, 15) is 4.79 Å². The van der Waals surface area contributed by atoms with Gasteiger partial charge in [-0.3, -0.25) is 4.79 Å². The monoisotopic (exact) mass is 254 g/mol. The van der Waals surface area contributed by atoms with E-state index >= 15 is 0 Å². The summed E-state index contributed by atoms with van der Waals surface area (Å²) >= 11 is 0. The van der Waals surface area contributed by atoms with Gasteiger partial charge in [0.25, 0.3) is 0 Å². The second kappa shape index (κ2) is 5.05. The Morgan fingerprint density at radius 3 is 2.74 bits per heavy atom. The molecule has 2 aliphatic carbocycles. The van der Waals surface area contributed by atoms with E-state index in [2.05, 4.69) is 12.1 Å². The molecule has 0 spiro atoms. The molecule has 0 radical (unpaired) electrons. The summed E-state index contributed by atoms with van der Waals surface area (Å²) in [6.07, 6.45) is 5.31. The quantitative estimate of drug-likeness (QED) is 0.778. The number of nitrogens with zero attached hydrogens (tertiary/aromatic N) is 2. The van der Waals surface area contributed by atoms with Gasteiger partial charge in [-0.25, -0.2) is 0 Å². The number of amides is 1. The summed E-state index contributed by atoms with van der Waals surface area (Å²) in [6, 6.07) is 10.6. The molecule has 1 unspecified atom stereocenters. The minimum Gasteiger partial charge on any atom is -0.326 e. The van der Waals surface area contributed by atoms with Crippen LogP contribution in [0.4, 0.5) is 0 Å². The van der Waals surface area contributed by atoms with Gasteiger partial charge in [0, 0.05) is 6.04 Å². The van der Waals surface area contributed by atoms with Gasteiger partial charge in [0.2, 0.25) is 5.91 Å². The van der Waals surface area contributed by atoms with E-state index in [1.807, 2.05) is 23.1 Å². The Hall–Kier alpha value is -1.82. The average molecular weight is 254 g/mol. The lowest BCUT2D eigenvalue weighted by Crippen LogP contribution is -2.44. The first-order valence-corrected chi connectivity index (χ1v) is 7.06. The zero-order chi connectivity index (χ0) is 13.2. The Bertz CT molecular complexity index is 526. The van der Waals surface area contributed by atoms with Crippen LogP contribution in [0.1, 0.15) is 42.7 Å². The number of carbonyl (C=O) groups is 1. The van der Waals surface area contributed by atoms with Crippen LogP contribution in [0.25, 0.3) is 0 Å². The first kappa shape index (κ1) is 12.2. The predicted molar refractivity (Wildman–Crippen MR) is 72.5 cm³/mol. The van der Waals surface area contributed by atoms with E-state index in [-0.39, 0.29) is 18.4 Å². The highest BCUT2D eigenvalue weighted by molar-refractivity contribution is 5.87. The lowest BCUT2D eigenvalue weighted by Gasteiger charge is -2.35. The molecule has 0 N–H and O–H groups in total. The minimum atomic E-state index is -0.00912. The van der Waals surface area contributed by atoms with Crippen LogP contribution in [-0.4, -0.2) is 23.4 Å². The normalized spacial score (nSPS) is 21.3. The van der Waals surface area contributed by atoms with Crippen molar-refractivity contribution in [1.29, 1.82) is 5.26 Å². The zero-order valence-electron chi connectivity index (χ0n) is 11.0. The fraction of sp³-hybridized carbons (Fsp3) is 0.500. The minimum absolute atomic E-state index is 0.00912. The average Bonchev–Trinajstić information content (AvgIpc) is 2.91. The van der Waals surface area contributed by atoms with Gasteiger partial charge in [0.05, 0.1) is 12.0 Å². The Kier molecular flexibility index (Phi) is 3.25. The molecule has 0 bridgehead atoms. The lowest BCUT2D eigenvalue weighted by atomic mass is 9.76. The second-order valence-electron chi connectivity index (χ2n) is 5.52. The summed E-state index contributed by atoms with van der Waals surface area (Å²) in [5, 5.41) is 8.97. The van der Waals surface area contributed by atoms with E-state index in [1.165, 1.54) is 18.4 Å². The molecule has 3 heteroatoms. The van der Waals surface area contributed by atoms with Gasteiger partial charge in [-0.2, -0.15) is 5.26 Å². The van der Waals surface area contributed by atoms with Gasteiger partial charge in [-0.05, 0) is 30.4 Å².